The number of carbonyl (C=O) groups is 1. The van der Waals surface area contributed by atoms with Gasteiger partial charge in [-0.2, -0.15) is 0 Å². The summed E-state index contributed by atoms with van der Waals surface area (Å²) in [7, 11) is 1.63. The van der Waals surface area contributed by atoms with Gasteiger partial charge in [0.2, 0.25) is 0 Å². The lowest BCUT2D eigenvalue weighted by Crippen LogP contribution is -2.36. The number of nitrogens with zero attached hydrogens (tertiary/aromatic N) is 1. The first kappa shape index (κ1) is 9.71. The van der Waals surface area contributed by atoms with Gasteiger partial charge in [-0.3, -0.25) is 4.79 Å². The van der Waals surface area contributed by atoms with Crippen molar-refractivity contribution in [2.24, 2.45) is 0 Å². The van der Waals surface area contributed by atoms with E-state index >= 15 is 0 Å². The lowest BCUT2D eigenvalue weighted by Gasteiger charge is -2.15. The molecule has 0 bridgehead atoms. The van der Waals surface area contributed by atoms with Crippen LogP contribution in [0.25, 0.3) is 0 Å². The molecular weight excluding hydrogens is 190 g/mol. The van der Waals surface area contributed by atoms with Crippen molar-refractivity contribution in [2.75, 3.05) is 11.9 Å². The van der Waals surface area contributed by atoms with E-state index in [9.17, 15) is 9.90 Å². The molecule has 1 aromatic carbocycles. The number of aliphatic hydroxyl groups is 1. The van der Waals surface area contributed by atoms with Gasteiger partial charge in [0.1, 0.15) is 0 Å². The molecule has 1 heterocycles. The Morgan fingerprint density at radius 3 is 2.87 bits per heavy atom. The Morgan fingerprint density at radius 2 is 2.20 bits per heavy atom. The highest BCUT2D eigenvalue weighted by Gasteiger charge is 2.46. The summed E-state index contributed by atoms with van der Waals surface area (Å²) in [6, 6.07) is 7.13. The van der Waals surface area contributed by atoms with E-state index in [-0.39, 0.29) is 5.91 Å². The molecule has 3 heteroatoms. The van der Waals surface area contributed by atoms with Gasteiger partial charge in [-0.1, -0.05) is 24.8 Å². The third kappa shape index (κ3) is 1.14. The monoisotopic (exact) mass is 201 g/mol. The molecule has 0 saturated carbocycles. The quantitative estimate of drug-likeness (QED) is 0.693. The van der Waals surface area contributed by atoms with Crippen LogP contribution in [0.4, 0.5) is 5.69 Å². The van der Waals surface area contributed by atoms with Crippen LogP contribution >= 0.6 is 0 Å². The Morgan fingerprint density at radius 1 is 1.53 bits per heavy atom. The van der Waals surface area contributed by atoms with E-state index in [2.05, 4.69) is 12.3 Å². The molecule has 1 N–H and O–H groups in total. The van der Waals surface area contributed by atoms with Gasteiger partial charge in [-0.15, -0.1) is 5.73 Å². The highest BCUT2D eigenvalue weighted by Crippen LogP contribution is 2.39. The molecule has 1 aliphatic rings. The maximum Gasteiger partial charge on any atom is 0.268 e. The molecule has 1 aromatic rings. The van der Waals surface area contributed by atoms with Crippen LogP contribution in [0.5, 0.6) is 0 Å². The van der Waals surface area contributed by atoms with Crippen molar-refractivity contribution in [1.82, 2.24) is 0 Å². The fraction of sp³-hybridized carbons (Fsp3) is 0.167. The molecule has 1 amide bonds. The minimum absolute atomic E-state index is 0.375. The topological polar surface area (TPSA) is 40.5 Å². The Hall–Kier alpha value is -1.83. The molecule has 76 valence electrons. The van der Waals surface area contributed by atoms with E-state index in [1.165, 1.54) is 11.0 Å². The Labute approximate surface area is 88.0 Å². The number of carbonyl (C=O) groups excluding carboxylic acids is 1. The Kier molecular flexibility index (Phi) is 2.00. The summed E-state index contributed by atoms with van der Waals surface area (Å²) in [4.78, 5) is 13.3. The molecule has 2 rings (SSSR count). The van der Waals surface area contributed by atoms with Gasteiger partial charge < -0.3 is 10.0 Å². The third-order valence-electron chi connectivity index (χ3n) is 2.62. The number of rotatable bonds is 1. The number of benzene rings is 1. The predicted molar refractivity (Wildman–Crippen MR) is 57.5 cm³/mol. The highest BCUT2D eigenvalue weighted by atomic mass is 16.3. The van der Waals surface area contributed by atoms with Crippen LogP contribution in [0.1, 0.15) is 5.56 Å². The summed E-state index contributed by atoms with van der Waals surface area (Å²) >= 11 is 0. The van der Waals surface area contributed by atoms with E-state index in [4.69, 9.17) is 0 Å². The average Bonchev–Trinajstić information content (AvgIpc) is 2.43. The normalized spacial score (nSPS) is 23.6. The van der Waals surface area contributed by atoms with Crippen LogP contribution in [0.2, 0.25) is 0 Å². The summed E-state index contributed by atoms with van der Waals surface area (Å²) in [5.41, 5.74) is 2.16. The Balaban J connectivity index is 2.71. The second-order valence-corrected chi connectivity index (χ2v) is 3.50. The number of hydrogen-bond donors (Lipinski definition) is 1. The molecule has 0 aliphatic carbocycles. The van der Waals surface area contributed by atoms with Crippen molar-refractivity contribution in [1.29, 1.82) is 0 Å². The minimum Gasteiger partial charge on any atom is -0.372 e. The highest BCUT2D eigenvalue weighted by molar-refractivity contribution is 6.07. The molecular formula is C12H11NO2. The molecule has 0 spiro atoms. The van der Waals surface area contributed by atoms with Crippen LogP contribution in [-0.4, -0.2) is 18.1 Å². The molecule has 15 heavy (non-hydrogen) atoms. The van der Waals surface area contributed by atoms with E-state index in [0.29, 0.717) is 5.56 Å². The zero-order valence-corrected chi connectivity index (χ0v) is 8.40. The van der Waals surface area contributed by atoms with E-state index in [0.717, 1.165) is 5.69 Å². The van der Waals surface area contributed by atoms with Gasteiger partial charge in [0.05, 0.1) is 5.69 Å². The summed E-state index contributed by atoms with van der Waals surface area (Å²) < 4.78 is 0. The van der Waals surface area contributed by atoms with Crippen molar-refractivity contribution < 1.29 is 9.90 Å². The predicted octanol–water partition coefficient (Wildman–Crippen LogP) is 1.19. The number of fused-ring (bicyclic) bond motifs is 1. The average molecular weight is 201 g/mol. The maximum atomic E-state index is 11.9. The largest absolute Gasteiger partial charge is 0.372 e. The van der Waals surface area contributed by atoms with Crippen molar-refractivity contribution in [3.63, 3.8) is 0 Å². The van der Waals surface area contributed by atoms with Crippen LogP contribution in [0, 0.1) is 0 Å². The van der Waals surface area contributed by atoms with Gasteiger partial charge in [0.15, 0.2) is 5.60 Å². The van der Waals surface area contributed by atoms with Crippen LogP contribution in [0.15, 0.2) is 42.7 Å². The van der Waals surface area contributed by atoms with E-state index in [1.807, 2.05) is 6.07 Å². The maximum absolute atomic E-state index is 11.9. The molecule has 0 fully saturated rings. The van der Waals surface area contributed by atoms with Gasteiger partial charge in [0.25, 0.3) is 5.91 Å². The van der Waals surface area contributed by atoms with Gasteiger partial charge >= 0.3 is 0 Å². The zero-order chi connectivity index (χ0) is 11.1. The van der Waals surface area contributed by atoms with E-state index in [1.54, 1.807) is 25.2 Å². The number of hydrogen-bond acceptors (Lipinski definition) is 2. The Bertz CT molecular complexity index is 474. The smallest absolute Gasteiger partial charge is 0.268 e. The van der Waals surface area contributed by atoms with Crippen LogP contribution < -0.4 is 4.90 Å². The third-order valence-corrected chi connectivity index (χ3v) is 2.62. The summed E-state index contributed by atoms with van der Waals surface area (Å²) in [5, 5.41) is 10.2. The fourth-order valence-corrected chi connectivity index (χ4v) is 1.86. The van der Waals surface area contributed by atoms with Crippen molar-refractivity contribution in [3.8, 4) is 0 Å². The first-order valence-electron chi connectivity index (χ1n) is 4.58. The molecule has 0 radical (unpaired) electrons. The van der Waals surface area contributed by atoms with Crippen molar-refractivity contribution in [3.05, 3.63) is 48.2 Å². The first-order chi connectivity index (χ1) is 7.11. The molecule has 1 atom stereocenters. The van der Waals surface area contributed by atoms with E-state index < -0.39 is 5.60 Å². The molecule has 1 aliphatic heterocycles. The molecule has 0 saturated heterocycles. The number of anilines is 1. The summed E-state index contributed by atoms with van der Waals surface area (Å²) in [6.45, 7) is 3.39. The number of likely N-dealkylation sites (N-methyl/N-ethyl adjacent to an activating group) is 1. The molecule has 1 unspecified atom stereocenters. The number of amides is 1. The second kappa shape index (κ2) is 3.09. The first-order valence-corrected chi connectivity index (χ1v) is 4.58. The zero-order valence-electron chi connectivity index (χ0n) is 8.40. The second-order valence-electron chi connectivity index (χ2n) is 3.50. The lowest BCUT2D eigenvalue weighted by atomic mass is 9.95. The van der Waals surface area contributed by atoms with Gasteiger partial charge in [-0.25, -0.2) is 0 Å². The summed E-state index contributed by atoms with van der Waals surface area (Å²) in [6.07, 6.45) is 1.29. The van der Waals surface area contributed by atoms with Crippen LogP contribution in [0.3, 0.4) is 0 Å². The minimum atomic E-state index is -1.60. The fourth-order valence-electron chi connectivity index (χ4n) is 1.86. The van der Waals surface area contributed by atoms with Crippen LogP contribution in [-0.2, 0) is 10.4 Å². The van der Waals surface area contributed by atoms with Crippen molar-refractivity contribution in [2.45, 2.75) is 5.60 Å². The number of para-hydroxylation sites is 1. The SMILES string of the molecule is C=C=CC1(O)C(=O)N(C)c2ccccc21. The summed E-state index contributed by atoms with van der Waals surface area (Å²) in [5.74, 6) is -0.375. The molecule has 0 aromatic heterocycles. The van der Waals surface area contributed by atoms with Gasteiger partial charge in [-0.05, 0) is 6.07 Å². The van der Waals surface area contributed by atoms with Gasteiger partial charge in [0, 0.05) is 18.7 Å². The van der Waals surface area contributed by atoms with Crippen molar-refractivity contribution >= 4 is 11.6 Å². The standard InChI is InChI=1S/C12H11NO2/c1-3-8-12(15)9-6-4-5-7-10(9)13(2)11(12)14/h4-8,15H,1H2,2H3. The molecule has 3 nitrogen and oxygen atoms in total. The lowest BCUT2D eigenvalue weighted by molar-refractivity contribution is -0.131.